The minimum atomic E-state index is -0.429. The molecule has 2 unspecified atom stereocenters. The van der Waals surface area contributed by atoms with E-state index in [9.17, 15) is 9.18 Å². The summed E-state index contributed by atoms with van der Waals surface area (Å²) in [6.45, 7) is 4.36. The second-order valence-electron chi connectivity index (χ2n) is 5.98. The largest absolute Gasteiger partial charge is 0.487 e. The predicted molar refractivity (Wildman–Crippen MR) is 92.8 cm³/mol. The number of carbonyl (C=O) groups is 1. The topological polar surface area (TPSA) is 67.6 Å². The second-order valence-corrected chi connectivity index (χ2v) is 5.98. The van der Waals surface area contributed by atoms with Gasteiger partial charge in [-0.25, -0.2) is 4.39 Å². The number of hydrogen-bond acceptors (Lipinski definition) is 4. The van der Waals surface area contributed by atoms with Crippen molar-refractivity contribution >= 4 is 23.0 Å². The molecule has 0 aliphatic carbocycles. The van der Waals surface area contributed by atoms with E-state index in [-0.39, 0.29) is 17.8 Å². The van der Waals surface area contributed by atoms with Gasteiger partial charge in [-0.15, -0.1) is 0 Å². The molecular formula is C18H20FN3O2. The van der Waals surface area contributed by atoms with Crippen LogP contribution in [0.25, 0.3) is 0 Å². The molecule has 0 saturated carbocycles. The first-order valence-electron chi connectivity index (χ1n) is 7.83. The van der Waals surface area contributed by atoms with E-state index in [4.69, 9.17) is 10.5 Å². The zero-order chi connectivity index (χ0) is 17.3. The zero-order valence-corrected chi connectivity index (χ0v) is 13.6. The second kappa shape index (κ2) is 6.39. The highest BCUT2D eigenvalue weighted by atomic mass is 19.1. The van der Waals surface area contributed by atoms with Gasteiger partial charge in [0.15, 0.2) is 0 Å². The Morgan fingerprint density at radius 2 is 2.04 bits per heavy atom. The molecule has 2 aromatic rings. The number of amides is 1. The maximum atomic E-state index is 13.0. The number of anilines is 3. The van der Waals surface area contributed by atoms with Crippen LogP contribution >= 0.6 is 0 Å². The summed E-state index contributed by atoms with van der Waals surface area (Å²) < 4.78 is 18.8. The molecule has 24 heavy (non-hydrogen) atoms. The van der Waals surface area contributed by atoms with E-state index in [0.29, 0.717) is 23.7 Å². The summed E-state index contributed by atoms with van der Waals surface area (Å²) in [5, 5.41) is 2.81. The lowest BCUT2D eigenvalue weighted by Gasteiger charge is -2.38. The molecule has 3 rings (SSSR count). The number of halogens is 1. The summed E-state index contributed by atoms with van der Waals surface area (Å²) in [4.78, 5) is 14.6. The number of nitrogens with two attached hydrogens (primary N) is 1. The van der Waals surface area contributed by atoms with Crippen LogP contribution in [0.4, 0.5) is 21.5 Å². The molecule has 0 saturated heterocycles. The van der Waals surface area contributed by atoms with Crippen LogP contribution in [0.15, 0.2) is 42.5 Å². The first-order valence-corrected chi connectivity index (χ1v) is 7.83. The van der Waals surface area contributed by atoms with Crippen LogP contribution in [0.2, 0.25) is 0 Å². The Balaban J connectivity index is 1.81. The Labute approximate surface area is 140 Å². The van der Waals surface area contributed by atoms with Gasteiger partial charge in [0.05, 0.1) is 12.2 Å². The summed E-state index contributed by atoms with van der Waals surface area (Å²) in [5.74, 6) is 0.195. The van der Waals surface area contributed by atoms with Gasteiger partial charge >= 0.3 is 0 Å². The number of benzene rings is 2. The van der Waals surface area contributed by atoms with E-state index in [2.05, 4.69) is 5.32 Å². The maximum Gasteiger partial charge on any atom is 0.246 e. The SMILES string of the molecule is CC1CN(C(C)C(=O)Nc2ccc(F)cc2)c2cc(N)ccc2O1. The lowest BCUT2D eigenvalue weighted by molar-refractivity contribution is -0.117. The third-order valence-electron chi connectivity index (χ3n) is 4.03. The number of rotatable bonds is 3. The van der Waals surface area contributed by atoms with Crippen molar-refractivity contribution in [3.8, 4) is 5.75 Å². The van der Waals surface area contributed by atoms with Gasteiger partial charge in [0, 0.05) is 11.4 Å². The van der Waals surface area contributed by atoms with Crippen molar-refractivity contribution in [3.63, 3.8) is 0 Å². The summed E-state index contributed by atoms with van der Waals surface area (Å²) in [7, 11) is 0. The Bertz CT molecular complexity index is 748. The van der Waals surface area contributed by atoms with Gasteiger partial charge in [0.25, 0.3) is 0 Å². The normalized spacial score (nSPS) is 17.6. The van der Waals surface area contributed by atoms with E-state index in [1.54, 1.807) is 6.07 Å². The fraction of sp³-hybridized carbons (Fsp3) is 0.278. The van der Waals surface area contributed by atoms with Crippen molar-refractivity contribution in [2.75, 3.05) is 22.5 Å². The molecule has 0 radical (unpaired) electrons. The third-order valence-corrected chi connectivity index (χ3v) is 4.03. The van der Waals surface area contributed by atoms with Crippen LogP contribution in [-0.2, 0) is 4.79 Å². The smallest absolute Gasteiger partial charge is 0.246 e. The highest BCUT2D eigenvalue weighted by Gasteiger charge is 2.30. The van der Waals surface area contributed by atoms with Gasteiger partial charge in [-0.05, 0) is 56.3 Å². The van der Waals surface area contributed by atoms with Crippen LogP contribution in [0.3, 0.4) is 0 Å². The molecule has 5 nitrogen and oxygen atoms in total. The van der Waals surface area contributed by atoms with Crippen LogP contribution in [0, 0.1) is 5.82 Å². The third kappa shape index (κ3) is 3.27. The molecule has 1 heterocycles. The Kier molecular flexibility index (Phi) is 4.29. The highest BCUT2D eigenvalue weighted by molar-refractivity contribution is 5.97. The van der Waals surface area contributed by atoms with Crippen molar-refractivity contribution in [2.24, 2.45) is 0 Å². The van der Waals surface area contributed by atoms with Gasteiger partial charge in [-0.3, -0.25) is 4.79 Å². The van der Waals surface area contributed by atoms with Gasteiger partial charge in [0.1, 0.15) is 23.7 Å². The Morgan fingerprint density at radius 3 is 2.75 bits per heavy atom. The highest BCUT2D eigenvalue weighted by Crippen LogP contribution is 2.36. The Hall–Kier alpha value is -2.76. The summed E-state index contributed by atoms with van der Waals surface area (Å²) in [5.41, 5.74) is 7.85. The average molecular weight is 329 g/mol. The summed E-state index contributed by atoms with van der Waals surface area (Å²) in [6, 6.07) is 10.7. The number of nitrogens with zero attached hydrogens (tertiary/aromatic N) is 1. The molecule has 0 bridgehead atoms. The predicted octanol–water partition coefficient (Wildman–Crippen LogP) is 3.02. The van der Waals surface area contributed by atoms with Crippen LogP contribution < -0.4 is 20.7 Å². The first kappa shape index (κ1) is 16.1. The van der Waals surface area contributed by atoms with Gasteiger partial charge < -0.3 is 20.7 Å². The van der Waals surface area contributed by atoms with E-state index in [1.807, 2.05) is 30.9 Å². The fourth-order valence-electron chi connectivity index (χ4n) is 2.78. The zero-order valence-electron chi connectivity index (χ0n) is 13.6. The van der Waals surface area contributed by atoms with E-state index >= 15 is 0 Å². The Morgan fingerprint density at radius 1 is 1.33 bits per heavy atom. The molecule has 2 atom stereocenters. The van der Waals surface area contributed by atoms with E-state index in [0.717, 1.165) is 5.69 Å². The van der Waals surface area contributed by atoms with Crippen LogP contribution in [-0.4, -0.2) is 24.6 Å². The molecule has 1 aliphatic rings. The molecular weight excluding hydrogens is 309 g/mol. The van der Waals surface area contributed by atoms with Crippen molar-refractivity contribution in [1.29, 1.82) is 0 Å². The van der Waals surface area contributed by atoms with Crippen LogP contribution in [0.5, 0.6) is 5.75 Å². The molecule has 0 aromatic heterocycles. The van der Waals surface area contributed by atoms with Gasteiger partial charge in [0.2, 0.25) is 5.91 Å². The number of ether oxygens (including phenoxy) is 1. The van der Waals surface area contributed by atoms with E-state index in [1.165, 1.54) is 24.3 Å². The first-order chi connectivity index (χ1) is 11.4. The summed E-state index contributed by atoms with van der Waals surface area (Å²) in [6.07, 6.45) is -0.0396. The quantitative estimate of drug-likeness (QED) is 0.850. The molecule has 0 spiro atoms. The molecule has 0 fully saturated rings. The van der Waals surface area contributed by atoms with Crippen molar-refractivity contribution in [2.45, 2.75) is 26.0 Å². The molecule has 6 heteroatoms. The van der Waals surface area contributed by atoms with Gasteiger partial charge in [-0.2, -0.15) is 0 Å². The molecule has 2 aromatic carbocycles. The monoisotopic (exact) mass is 329 g/mol. The minimum absolute atomic E-state index is 0.0396. The maximum absolute atomic E-state index is 13.0. The lowest BCUT2D eigenvalue weighted by Crippen LogP contribution is -2.48. The van der Waals surface area contributed by atoms with Crippen molar-refractivity contribution in [3.05, 3.63) is 48.3 Å². The minimum Gasteiger partial charge on any atom is -0.487 e. The number of nitrogens with one attached hydrogen (secondary N) is 1. The molecule has 3 N–H and O–H groups in total. The van der Waals surface area contributed by atoms with Crippen molar-refractivity contribution < 1.29 is 13.9 Å². The number of carbonyl (C=O) groups excluding carboxylic acids is 1. The molecule has 126 valence electrons. The van der Waals surface area contributed by atoms with Gasteiger partial charge in [-0.1, -0.05) is 0 Å². The van der Waals surface area contributed by atoms with Crippen molar-refractivity contribution in [1.82, 2.24) is 0 Å². The number of nitrogen functional groups attached to an aromatic ring is 1. The molecule has 1 aliphatic heterocycles. The molecule has 1 amide bonds. The summed E-state index contributed by atoms with van der Waals surface area (Å²) >= 11 is 0. The van der Waals surface area contributed by atoms with E-state index < -0.39 is 6.04 Å². The number of hydrogen-bond donors (Lipinski definition) is 2. The van der Waals surface area contributed by atoms with Crippen LogP contribution in [0.1, 0.15) is 13.8 Å². The standard InChI is InChI=1S/C18H20FN3O2/c1-11-10-22(16-9-14(20)5-8-17(16)24-11)12(2)18(23)21-15-6-3-13(19)4-7-15/h3-9,11-12H,10,20H2,1-2H3,(H,21,23). The number of fused-ring (bicyclic) bond motifs is 1. The lowest BCUT2D eigenvalue weighted by atomic mass is 10.1. The average Bonchev–Trinajstić information content (AvgIpc) is 2.56. The fourth-order valence-corrected chi connectivity index (χ4v) is 2.78.